The lowest BCUT2D eigenvalue weighted by Gasteiger charge is -2.40. The number of rotatable bonds is 2. The number of nitrogens with two attached hydrogens (primary N) is 1. The van der Waals surface area contributed by atoms with Gasteiger partial charge >= 0.3 is 0 Å². The number of carbonyl (C=O) groups is 1. The van der Waals surface area contributed by atoms with Gasteiger partial charge in [0.1, 0.15) is 5.82 Å². The number of amides is 1. The van der Waals surface area contributed by atoms with Crippen molar-refractivity contribution < 1.29 is 4.79 Å². The van der Waals surface area contributed by atoms with E-state index in [1.807, 2.05) is 29.0 Å². The van der Waals surface area contributed by atoms with Crippen LogP contribution in [-0.4, -0.2) is 64.9 Å². The first-order valence-electron chi connectivity index (χ1n) is 9.19. The number of hydrogen-bond donors (Lipinski definition) is 2. The molecule has 2 aromatic rings. The molecular formula is C19H24N6O2. The molecule has 27 heavy (non-hydrogen) atoms. The summed E-state index contributed by atoms with van der Waals surface area (Å²) in [6, 6.07) is 9.64. The van der Waals surface area contributed by atoms with Crippen LogP contribution in [0.4, 0.5) is 11.8 Å². The van der Waals surface area contributed by atoms with Crippen LogP contribution in [0.25, 0.3) is 0 Å². The van der Waals surface area contributed by atoms with Gasteiger partial charge in [0.2, 0.25) is 11.9 Å². The number of aromatic nitrogens is 2. The van der Waals surface area contributed by atoms with Gasteiger partial charge in [0, 0.05) is 38.8 Å². The minimum absolute atomic E-state index is 0.110. The van der Waals surface area contributed by atoms with Gasteiger partial charge in [0.25, 0.3) is 5.56 Å². The van der Waals surface area contributed by atoms with E-state index in [2.05, 4.69) is 27.0 Å². The van der Waals surface area contributed by atoms with Crippen molar-refractivity contribution in [1.82, 2.24) is 19.8 Å². The standard InChI is InChI=1S/C19H24N6O2/c1-23-12-14-5-3-2-4-13(14)10-15(23)18(27)25-8-6-24(7-9-25)16-11-17(26)22-19(20)21-16/h2-5,11,15H,6-10,12H2,1H3,(H3,20,21,22,26)/t15-/m1/s1. The second-order valence-electron chi connectivity index (χ2n) is 7.20. The fourth-order valence-electron chi connectivity index (χ4n) is 3.92. The van der Waals surface area contributed by atoms with Crippen LogP contribution in [0.3, 0.4) is 0 Å². The zero-order chi connectivity index (χ0) is 19.0. The first kappa shape index (κ1) is 17.5. The van der Waals surface area contributed by atoms with Gasteiger partial charge in [-0.1, -0.05) is 24.3 Å². The van der Waals surface area contributed by atoms with Gasteiger partial charge in [-0.3, -0.25) is 19.5 Å². The van der Waals surface area contributed by atoms with Crippen molar-refractivity contribution in [3.05, 3.63) is 51.8 Å². The van der Waals surface area contributed by atoms with Crippen LogP contribution in [0.5, 0.6) is 0 Å². The van der Waals surface area contributed by atoms with Gasteiger partial charge in [-0.2, -0.15) is 4.98 Å². The normalized spacial score (nSPS) is 20.4. The minimum Gasteiger partial charge on any atom is -0.369 e. The Labute approximate surface area is 157 Å². The lowest BCUT2D eigenvalue weighted by atomic mass is 9.93. The molecule has 142 valence electrons. The first-order chi connectivity index (χ1) is 13.0. The third-order valence-electron chi connectivity index (χ3n) is 5.43. The molecule has 0 radical (unpaired) electrons. The highest BCUT2D eigenvalue weighted by molar-refractivity contribution is 5.83. The Hall–Kier alpha value is -2.87. The number of piperazine rings is 1. The summed E-state index contributed by atoms with van der Waals surface area (Å²) in [5, 5.41) is 0. The third-order valence-corrected chi connectivity index (χ3v) is 5.43. The highest BCUT2D eigenvalue weighted by atomic mass is 16.2. The molecule has 3 N–H and O–H groups in total. The Morgan fingerprint density at radius 3 is 2.59 bits per heavy atom. The Morgan fingerprint density at radius 2 is 1.89 bits per heavy atom. The summed E-state index contributed by atoms with van der Waals surface area (Å²) >= 11 is 0. The fraction of sp³-hybridized carbons (Fsp3) is 0.421. The quantitative estimate of drug-likeness (QED) is 0.778. The minimum atomic E-state index is -0.265. The summed E-state index contributed by atoms with van der Waals surface area (Å²) in [7, 11) is 2.01. The molecule has 0 saturated carbocycles. The fourth-order valence-corrected chi connectivity index (χ4v) is 3.92. The van der Waals surface area contributed by atoms with E-state index in [1.165, 1.54) is 17.2 Å². The molecule has 1 aromatic carbocycles. The van der Waals surface area contributed by atoms with Crippen molar-refractivity contribution in [2.24, 2.45) is 0 Å². The third kappa shape index (κ3) is 3.52. The number of nitrogen functional groups attached to an aromatic ring is 1. The second kappa shape index (κ2) is 7.03. The maximum absolute atomic E-state index is 13.1. The SMILES string of the molecule is CN1Cc2ccccc2C[C@@H]1C(=O)N1CCN(c2cc(=O)[nH]c(N)n2)CC1. The molecular weight excluding hydrogens is 344 g/mol. The van der Waals surface area contributed by atoms with Crippen LogP contribution < -0.4 is 16.2 Å². The topological polar surface area (TPSA) is 98.6 Å². The Morgan fingerprint density at radius 1 is 1.19 bits per heavy atom. The summed E-state index contributed by atoms with van der Waals surface area (Å²) in [6.07, 6.45) is 0.748. The second-order valence-corrected chi connectivity index (χ2v) is 7.20. The van der Waals surface area contributed by atoms with E-state index in [9.17, 15) is 9.59 Å². The van der Waals surface area contributed by atoms with Gasteiger partial charge in [-0.05, 0) is 24.6 Å². The van der Waals surface area contributed by atoms with Crippen LogP contribution in [-0.2, 0) is 17.8 Å². The number of H-pyrrole nitrogens is 1. The van der Waals surface area contributed by atoms with Crippen molar-refractivity contribution in [1.29, 1.82) is 0 Å². The zero-order valence-corrected chi connectivity index (χ0v) is 15.4. The Balaban J connectivity index is 1.42. The van der Waals surface area contributed by atoms with Gasteiger partial charge in [-0.15, -0.1) is 0 Å². The summed E-state index contributed by atoms with van der Waals surface area (Å²) in [6.45, 7) is 3.28. The molecule has 2 aliphatic rings. The van der Waals surface area contributed by atoms with Crippen molar-refractivity contribution >= 4 is 17.7 Å². The molecule has 2 aliphatic heterocycles. The molecule has 8 nitrogen and oxygen atoms in total. The lowest BCUT2D eigenvalue weighted by molar-refractivity contribution is -0.137. The van der Waals surface area contributed by atoms with E-state index in [0.717, 1.165) is 13.0 Å². The molecule has 1 atom stereocenters. The largest absolute Gasteiger partial charge is 0.369 e. The maximum Gasteiger partial charge on any atom is 0.254 e. The van der Waals surface area contributed by atoms with E-state index in [-0.39, 0.29) is 23.5 Å². The van der Waals surface area contributed by atoms with Crippen molar-refractivity contribution in [2.75, 3.05) is 43.9 Å². The van der Waals surface area contributed by atoms with Crippen LogP contribution >= 0.6 is 0 Å². The highest BCUT2D eigenvalue weighted by Gasteiger charge is 2.33. The predicted molar refractivity (Wildman–Crippen MR) is 103 cm³/mol. The van der Waals surface area contributed by atoms with Crippen LogP contribution in [0, 0.1) is 0 Å². The molecule has 1 amide bonds. The molecule has 0 spiro atoms. The average Bonchev–Trinajstić information content (AvgIpc) is 2.66. The number of fused-ring (bicyclic) bond motifs is 1. The highest BCUT2D eigenvalue weighted by Crippen LogP contribution is 2.24. The monoisotopic (exact) mass is 368 g/mol. The average molecular weight is 368 g/mol. The van der Waals surface area contributed by atoms with E-state index >= 15 is 0 Å². The van der Waals surface area contributed by atoms with E-state index < -0.39 is 0 Å². The lowest BCUT2D eigenvalue weighted by Crippen LogP contribution is -2.56. The molecule has 8 heteroatoms. The maximum atomic E-state index is 13.1. The smallest absolute Gasteiger partial charge is 0.254 e. The summed E-state index contributed by atoms with van der Waals surface area (Å²) in [5.74, 6) is 0.843. The molecule has 4 rings (SSSR count). The number of nitrogens with one attached hydrogen (secondary N) is 1. The molecule has 3 heterocycles. The van der Waals surface area contributed by atoms with Crippen LogP contribution in [0.1, 0.15) is 11.1 Å². The number of likely N-dealkylation sites (N-methyl/N-ethyl adjacent to an activating group) is 1. The zero-order valence-electron chi connectivity index (χ0n) is 15.4. The summed E-state index contributed by atoms with van der Waals surface area (Å²) in [5.41, 5.74) is 7.92. The number of anilines is 2. The Kier molecular flexibility index (Phi) is 4.57. The van der Waals surface area contributed by atoms with E-state index in [4.69, 9.17) is 5.73 Å². The van der Waals surface area contributed by atoms with Gasteiger partial charge in [-0.25, -0.2) is 0 Å². The number of benzene rings is 1. The van der Waals surface area contributed by atoms with Crippen LogP contribution in [0.15, 0.2) is 35.1 Å². The van der Waals surface area contributed by atoms with Crippen molar-refractivity contribution in [2.45, 2.75) is 19.0 Å². The van der Waals surface area contributed by atoms with E-state index in [1.54, 1.807) is 0 Å². The molecule has 0 unspecified atom stereocenters. The number of carbonyl (C=O) groups excluding carboxylic acids is 1. The van der Waals surface area contributed by atoms with Crippen molar-refractivity contribution in [3.63, 3.8) is 0 Å². The van der Waals surface area contributed by atoms with Gasteiger partial charge in [0.05, 0.1) is 6.04 Å². The van der Waals surface area contributed by atoms with Crippen molar-refractivity contribution in [3.8, 4) is 0 Å². The molecule has 1 aromatic heterocycles. The number of hydrogen-bond acceptors (Lipinski definition) is 6. The summed E-state index contributed by atoms with van der Waals surface area (Å²) in [4.78, 5) is 37.4. The number of nitrogens with zero attached hydrogens (tertiary/aromatic N) is 4. The molecule has 1 fully saturated rings. The number of aromatic amines is 1. The molecule has 1 saturated heterocycles. The molecule has 0 bridgehead atoms. The first-order valence-corrected chi connectivity index (χ1v) is 9.19. The van der Waals surface area contributed by atoms with E-state index in [0.29, 0.717) is 32.0 Å². The Bertz CT molecular complexity index is 903. The summed E-state index contributed by atoms with van der Waals surface area (Å²) < 4.78 is 0. The van der Waals surface area contributed by atoms with Gasteiger partial charge < -0.3 is 15.5 Å². The van der Waals surface area contributed by atoms with Gasteiger partial charge in [0.15, 0.2) is 0 Å². The predicted octanol–water partition coefficient (Wildman–Crippen LogP) is 0.0574. The van der Waals surface area contributed by atoms with Crippen LogP contribution in [0.2, 0.25) is 0 Å². The molecule has 0 aliphatic carbocycles.